The fourth-order valence-corrected chi connectivity index (χ4v) is 3.17. The van der Waals surface area contributed by atoms with Crippen molar-refractivity contribution in [2.24, 2.45) is 0 Å². The molecular formula is C21H17N3O5. The minimum Gasteiger partial charge on any atom is -0.493 e. The highest BCUT2D eigenvalue weighted by Gasteiger charge is 2.23. The van der Waals surface area contributed by atoms with E-state index in [1.807, 2.05) is 18.2 Å². The number of nitrogens with one attached hydrogen (secondary N) is 1. The molecule has 8 nitrogen and oxygen atoms in total. The summed E-state index contributed by atoms with van der Waals surface area (Å²) in [6.07, 6.45) is 1.20. The third-order valence-electron chi connectivity index (χ3n) is 4.52. The van der Waals surface area contributed by atoms with Crippen LogP contribution in [0.25, 0.3) is 17.0 Å². The van der Waals surface area contributed by atoms with Gasteiger partial charge in [0.25, 0.3) is 5.69 Å². The van der Waals surface area contributed by atoms with E-state index in [1.165, 1.54) is 32.4 Å². The molecule has 29 heavy (non-hydrogen) atoms. The number of nitrogens with zero attached hydrogens (tertiary/aromatic N) is 2. The molecule has 3 rings (SSSR count). The first-order valence-corrected chi connectivity index (χ1v) is 8.55. The minimum absolute atomic E-state index is 0.0649. The topological polar surface area (TPSA) is 118 Å². The average Bonchev–Trinajstić information content (AvgIpc) is 3.06. The van der Waals surface area contributed by atoms with Gasteiger partial charge in [0.1, 0.15) is 11.6 Å². The number of aromatic nitrogens is 1. The number of methoxy groups -OCH3 is 2. The molecule has 146 valence electrons. The Morgan fingerprint density at radius 3 is 2.48 bits per heavy atom. The SMILES string of the molecule is COc1cc(/C=C(\C#N)C(=O)c2c(C)[nH]c3ccccc23)c([N+](=O)[O-])cc1OC. The number of hydrogen-bond donors (Lipinski definition) is 1. The molecule has 3 aromatic rings. The van der Waals surface area contributed by atoms with E-state index in [9.17, 15) is 20.2 Å². The summed E-state index contributed by atoms with van der Waals surface area (Å²) in [6.45, 7) is 1.74. The Hall–Kier alpha value is -4.12. The molecule has 0 spiro atoms. The minimum atomic E-state index is -0.607. The Bertz CT molecular complexity index is 1200. The maximum absolute atomic E-state index is 13.1. The van der Waals surface area contributed by atoms with Crippen molar-refractivity contribution < 1.29 is 19.2 Å². The van der Waals surface area contributed by atoms with Crippen LogP contribution in [0.4, 0.5) is 5.69 Å². The van der Waals surface area contributed by atoms with Gasteiger partial charge in [-0.15, -0.1) is 0 Å². The van der Waals surface area contributed by atoms with Crippen LogP contribution in [0.2, 0.25) is 0 Å². The van der Waals surface area contributed by atoms with E-state index in [4.69, 9.17) is 9.47 Å². The first-order chi connectivity index (χ1) is 13.9. The lowest BCUT2D eigenvalue weighted by Crippen LogP contribution is -2.04. The second-order valence-electron chi connectivity index (χ2n) is 6.19. The van der Waals surface area contributed by atoms with E-state index in [0.29, 0.717) is 16.6 Å². The van der Waals surface area contributed by atoms with Crippen LogP contribution in [0.5, 0.6) is 11.5 Å². The van der Waals surface area contributed by atoms with Crippen LogP contribution in [-0.4, -0.2) is 29.9 Å². The van der Waals surface area contributed by atoms with E-state index in [-0.39, 0.29) is 28.3 Å². The molecular weight excluding hydrogens is 374 g/mol. The summed E-state index contributed by atoms with van der Waals surface area (Å²) in [7, 11) is 2.75. The van der Waals surface area contributed by atoms with Crippen molar-refractivity contribution in [1.82, 2.24) is 4.98 Å². The highest BCUT2D eigenvalue weighted by Crippen LogP contribution is 2.36. The van der Waals surface area contributed by atoms with Crippen LogP contribution in [0, 0.1) is 28.4 Å². The predicted molar refractivity (Wildman–Crippen MR) is 107 cm³/mol. The lowest BCUT2D eigenvalue weighted by molar-refractivity contribution is -0.385. The molecule has 8 heteroatoms. The summed E-state index contributed by atoms with van der Waals surface area (Å²) in [6, 6.07) is 11.7. The summed E-state index contributed by atoms with van der Waals surface area (Å²) >= 11 is 0. The largest absolute Gasteiger partial charge is 0.493 e. The van der Waals surface area contributed by atoms with E-state index >= 15 is 0 Å². The molecule has 0 radical (unpaired) electrons. The van der Waals surface area contributed by atoms with Crippen LogP contribution in [0.15, 0.2) is 42.0 Å². The predicted octanol–water partition coefficient (Wildman–Crippen LogP) is 4.19. The van der Waals surface area contributed by atoms with Gasteiger partial charge in [0.2, 0.25) is 5.78 Å². The van der Waals surface area contributed by atoms with Crippen LogP contribution in [0.1, 0.15) is 21.6 Å². The van der Waals surface area contributed by atoms with Crippen LogP contribution >= 0.6 is 0 Å². The third-order valence-corrected chi connectivity index (χ3v) is 4.52. The quantitative estimate of drug-likeness (QED) is 0.221. The van der Waals surface area contributed by atoms with Crippen molar-refractivity contribution in [2.45, 2.75) is 6.92 Å². The zero-order valence-electron chi connectivity index (χ0n) is 16.0. The van der Waals surface area contributed by atoms with Crippen molar-refractivity contribution in [3.63, 3.8) is 0 Å². The van der Waals surface area contributed by atoms with E-state index in [0.717, 1.165) is 5.52 Å². The Labute approximate surface area is 166 Å². The number of nitro groups is 1. The number of aromatic amines is 1. The fourth-order valence-electron chi connectivity index (χ4n) is 3.17. The van der Waals surface area contributed by atoms with Gasteiger partial charge >= 0.3 is 0 Å². The van der Waals surface area contributed by atoms with Gasteiger partial charge in [-0.05, 0) is 25.1 Å². The highest BCUT2D eigenvalue weighted by atomic mass is 16.6. The molecule has 1 N–H and O–H groups in total. The highest BCUT2D eigenvalue weighted by molar-refractivity contribution is 6.20. The van der Waals surface area contributed by atoms with Crippen molar-refractivity contribution in [1.29, 1.82) is 5.26 Å². The fraction of sp³-hybridized carbons (Fsp3) is 0.143. The smallest absolute Gasteiger partial charge is 0.280 e. The summed E-state index contributed by atoms with van der Waals surface area (Å²) in [5.74, 6) is -0.0995. The molecule has 0 bridgehead atoms. The summed E-state index contributed by atoms with van der Waals surface area (Å²) in [5.41, 5.74) is 1.26. The zero-order valence-corrected chi connectivity index (χ0v) is 16.0. The van der Waals surface area contributed by atoms with Gasteiger partial charge in [0, 0.05) is 16.6 Å². The van der Waals surface area contributed by atoms with Crippen molar-refractivity contribution >= 4 is 28.4 Å². The Kier molecular flexibility index (Phi) is 5.32. The maximum atomic E-state index is 13.1. The average molecular weight is 391 g/mol. The summed E-state index contributed by atoms with van der Waals surface area (Å²) < 4.78 is 10.3. The number of para-hydroxylation sites is 1. The standard InChI is InChI=1S/C21H17N3O5/c1-12-20(15-6-4-5-7-16(15)23-12)21(25)14(11-22)8-13-9-18(28-2)19(29-3)10-17(13)24(26)27/h4-10,23H,1-3H3/b14-8+. The lowest BCUT2D eigenvalue weighted by atomic mass is 9.98. The van der Waals surface area contributed by atoms with Crippen LogP contribution < -0.4 is 9.47 Å². The molecule has 1 aromatic heterocycles. The van der Waals surface area contributed by atoms with Crippen molar-refractivity contribution in [2.75, 3.05) is 14.2 Å². The number of carbonyl (C=O) groups excluding carboxylic acids is 1. The molecule has 2 aromatic carbocycles. The first kappa shape index (κ1) is 19.6. The van der Waals surface area contributed by atoms with Crippen LogP contribution in [0.3, 0.4) is 0 Å². The number of nitriles is 1. The molecule has 0 amide bonds. The van der Waals surface area contributed by atoms with E-state index in [1.54, 1.807) is 19.1 Å². The Morgan fingerprint density at radius 1 is 1.21 bits per heavy atom. The lowest BCUT2D eigenvalue weighted by Gasteiger charge is -2.09. The number of nitro benzene ring substituents is 1. The molecule has 0 saturated carbocycles. The monoisotopic (exact) mass is 391 g/mol. The number of rotatable bonds is 6. The normalized spacial score (nSPS) is 11.2. The maximum Gasteiger partial charge on any atom is 0.280 e. The molecule has 0 saturated heterocycles. The molecule has 0 aliphatic carbocycles. The number of hydrogen-bond acceptors (Lipinski definition) is 6. The number of benzene rings is 2. The number of allylic oxidation sites excluding steroid dienone is 1. The number of Topliss-reactive ketones (excluding diaryl/α,β-unsaturated/α-hetero) is 1. The number of H-pyrrole nitrogens is 1. The number of fused-ring (bicyclic) bond motifs is 1. The van der Waals surface area contributed by atoms with Crippen LogP contribution in [-0.2, 0) is 0 Å². The second-order valence-corrected chi connectivity index (χ2v) is 6.19. The van der Waals surface area contributed by atoms with Gasteiger partial charge < -0.3 is 14.5 Å². The van der Waals surface area contributed by atoms with Gasteiger partial charge in [0.05, 0.1) is 36.3 Å². The van der Waals surface area contributed by atoms with Gasteiger partial charge in [-0.2, -0.15) is 5.26 Å². The summed E-state index contributed by atoms with van der Waals surface area (Å²) in [4.78, 5) is 27.1. The Morgan fingerprint density at radius 2 is 1.86 bits per heavy atom. The Balaban J connectivity index is 2.18. The molecule has 0 aliphatic heterocycles. The van der Waals surface area contributed by atoms with Crippen molar-refractivity contribution in [3.05, 3.63) is 68.9 Å². The number of ketones is 1. The van der Waals surface area contributed by atoms with Gasteiger partial charge in [-0.25, -0.2) is 0 Å². The number of carbonyl (C=O) groups is 1. The van der Waals surface area contributed by atoms with E-state index < -0.39 is 10.7 Å². The third kappa shape index (κ3) is 3.53. The molecule has 0 unspecified atom stereocenters. The number of aryl methyl sites for hydroxylation is 1. The van der Waals surface area contributed by atoms with Gasteiger partial charge in [0.15, 0.2) is 11.5 Å². The second kappa shape index (κ2) is 7.86. The summed E-state index contributed by atoms with van der Waals surface area (Å²) in [5, 5.41) is 21.8. The molecule has 0 atom stereocenters. The molecule has 0 fully saturated rings. The van der Waals surface area contributed by atoms with E-state index in [2.05, 4.69) is 4.98 Å². The molecule has 0 aliphatic rings. The van der Waals surface area contributed by atoms with Crippen molar-refractivity contribution in [3.8, 4) is 17.6 Å². The van der Waals surface area contributed by atoms with Gasteiger partial charge in [-0.3, -0.25) is 14.9 Å². The first-order valence-electron chi connectivity index (χ1n) is 8.55. The van der Waals surface area contributed by atoms with Gasteiger partial charge in [-0.1, -0.05) is 18.2 Å². The molecule has 1 heterocycles. The zero-order chi connectivity index (χ0) is 21.1. The number of ether oxygens (including phenoxy) is 2.